The van der Waals surface area contributed by atoms with E-state index in [-0.39, 0.29) is 12.2 Å². The van der Waals surface area contributed by atoms with Crippen LogP contribution in [0.2, 0.25) is 0 Å². The van der Waals surface area contributed by atoms with Crippen molar-refractivity contribution in [1.29, 1.82) is 0 Å². The lowest BCUT2D eigenvalue weighted by molar-refractivity contribution is 0.0264. The van der Waals surface area contributed by atoms with Crippen molar-refractivity contribution >= 4 is 0 Å². The molecule has 0 saturated heterocycles. The zero-order valence-electron chi connectivity index (χ0n) is 8.71. The number of aliphatic hydroxyl groups is 1. The molecule has 0 aliphatic carbocycles. The van der Waals surface area contributed by atoms with Crippen LogP contribution in [-0.4, -0.2) is 24.4 Å². The molecule has 2 unspecified atom stereocenters. The van der Waals surface area contributed by atoms with Crippen LogP contribution >= 0.6 is 0 Å². The van der Waals surface area contributed by atoms with Crippen molar-refractivity contribution in [1.82, 2.24) is 0 Å². The van der Waals surface area contributed by atoms with Crippen molar-refractivity contribution < 1.29 is 9.84 Å². The van der Waals surface area contributed by atoms with Crippen molar-refractivity contribution in [2.45, 2.75) is 52.2 Å². The summed E-state index contributed by atoms with van der Waals surface area (Å²) in [6.45, 7) is 6.23. The maximum atomic E-state index is 9.73. The molecule has 12 heavy (non-hydrogen) atoms. The monoisotopic (exact) mass is 174 g/mol. The van der Waals surface area contributed by atoms with Gasteiger partial charge in [0.15, 0.2) is 0 Å². The van der Waals surface area contributed by atoms with Crippen molar-refractivity contribution in [3.8, 4) is 0 Å². The molecule has 0 aromatic heterocycles. The highest BCUT2D eigenvalue weighted by molar-refractivity contribution is 4.68. The summed E-state index contributed by atoms with van der Waals surface area (Å²) in [4.78, 5) is 0. The smallest absolute Gasteiger partial charge is 0.0592 e. The van der Waals surface area contributed by atoms with E-state index in [1.807, 2.05) is 6.92 Å². The summed E-state index contributed by atoms with van der Waals surface area (Å²) in [6.07, 6.45) is 2.82. The molecule has 0 rings (SSSR count). The summed E-state index contributed by atoms with van der Waals surface area (Å²) in [5, 5.41) is 9.73. The minimum atomic E-state index is -0.199. The first-order valence-electron chi connectivity index (χ1n) is 4.86. The fraction of sp³-hybridized carbons (Fsp3) is 1.00. The van der Waals surface area contributed by atoms with Crippen LogP contribution in [0.1, 0.15) is 40.0 Å². The van der Waals surface area contributed by atoms with E-state index in [1.54, 1.807) is 7.11 Å². The molecular weight excluding hydrogens is 152 g/mol. The molecule has 0 fully saturated rings. The van der Waals surface area contributed by atoms with Gasteiger partial charge in [0.1, 0.15) is 0 Å². The summed E-state index contributed by atoms with van der Waals surface area (Å²) in [5.74, 6) is 0.433. The minimum Gasteiger partial charge on any atom is -0.393 e. The standard InChI is InChI=1S/C10H22O2/c1-5-9(6-2)10(11)7-8(3)12-4/h8-11H,5-7H2,1-4H3. The Labute approximate surface area is 75.9 Å². The van der Waals surface area contributed by atoms with Gasteiger partial charge < -0.3 is 9.84 Å². The predicted octanol–water partition coefficient (Wildman–Crippen LogP) is 2.21. The molecule has 0 aromatic carbocycles. The van der Waals surface area contributed by atoms with Crippen LogP contribution in [0.5, 0.6) is 0 Å². The van der Waals surface area contributed by atoms with Crippen LogP contribution in [0, 0.1) is 5.92 Å². The van der Waals surface area contributed by atoms with E-state index >= 15 is 0 Å². The second kappa shape index (κ2) is 6.44. The van der Waals surface area contributed by atoms with Crippen LogP contribution in [0.15, 0.2) is 0 Å². The Bertz CT molecular complexity index is 100. The fourth-order valence-corrected chi connectivity index (χ4v) is 1.46. The average molecular weight is 174 g/mol. The number of rotatable bonds is 6. The molecule has 0 heterocycles. The van der Waals surface area contributed by atoms with Crippen molar-refractivity contribution in [3.63, 3.8) is 0 Å². The predicted molar refractivity (Wildman–Crippen MR) is 51.2 cm³/mol. The van der Waals surface area contributed by atoms with Gasteiger partial charge in [0, 0.05) is 7.11 Å². The van der Waals surface area contributed by atoms with Gasteiger partial charge in [0.05, 0.1) is 12.2 Å². The van der Waals surface area contributed by atoms with E-state index in [0.717, 1.165) is 19.3 Å². The third-order valence-electron chi connectivity index (χ3n) is 2.57. The Morgan fingerprint density at radius 1 is 1.25 bits per heavy atom. The average Bonchev–Trinajstić information content (AvgIpc) is 2.06. The third kappa shape index (κ3) is 4.07. The number of aliphatic hydroxyl groups excluding tert-OH is 1. The van der Waals surface area contributed by atoms with Crippen LogP contribution in [0.25, 0.3) is 0 Å². The Hall–Kier alpha value is -0.0800. The third-order valence-corrected chi connectivity index (χ3v) is 2.57. The molecule has 0 radical (unpaired) electrons. The number of methoxy groups -OCH3 is 1. The molecule has 1 N–H and O–H groups in total. The summed E-state index contributed by atoms with van der Waals surface area (Å²) in [6, 6.07) is 0. The van der Waals surface area contributed by atoms with Gasteiger partial charge in [-0.05, 0) is 19.3 Å². The van der Waals surface area contributed by atoms with Gasteiger partial charge in [0.2, 0.25) is 0 Å². The van der Waals surface area contributed by atoms with Crippen molar-refractivity contribution in [2.75, 3.05) is 7.11 Å². The summed E-state index contributed by atoms with van der Waals surface area (Å²) in [7, 11) is 1.68. The molecule has 0 amide bonds. The molecule has 0 saturated carbocycles. The van der Waals surface area contributed by atoms with Gasteiger partial charge >= 0.3 is 0 Å². The molecule has 0 spiro atoms. The maximum absolute atomic E-state index is 9.73. The lowest BCUT2D eigenvalue weighted by Gasteiger charge is -2.22. The molecule has 0 aliphatic rings. The molecule has 2 nitrogen and oxygen atoms in total. The van der Waals surface area contributed by atoms with Gasteiger partial charge in [-0.3, -0.25) is 0 Å². The highest BCUT2D eigenvalue weighted by Gasteiger charge is 2.17. The first kappa shape index (κ1) is 11.9. The van der Waals surface area contributed by atoms with Gasteiger partial charge in [-0.15, -0.1) is 0 Å². The van der Waals surface area contributed by atoms with E-state index in [2.05, 4.69) is 13.8 Å². The highest BCUT2D eigenvalue weighted by Crippen LogP contribution is 2.17. The second-order valence-corrected chi connectivity index (χ2v) is 3.43. The van der Waals surface area contributed by atoms with Gasteiger partial charge in [-0.25, -0.2) is 0 Å². The Kier molecular flexibility index (Phi) is 6.39. The molecule has 0 bridgehead atoms. The molecule has 2 heteroatoms. The highest BCUT2D eigenvalue weighted by atomic mass is 16.5. The SMILES string of the molecule is CCC(CC)C(O)CC(C)OC. The first-order chi connectivity index (χ1) is 5.65. The van der Waals surface area contributed by atoms with Crippen molar-refractivity contribution in [2.24, 2.45) is 5.92 Å². The van der Waals surface area contributed by atoms with E-state index in [4.69, 9.17) is 4.74 Å². The number of hydrogen-bond acceptors (Lipinski definition) is 2. The van der Waals surface area contributed by atoms with Crippen LogP contribution < -0.4 is 0 Å². The van der Waals surface area contributed by atoms with Crippen LogP contribution in [-0.2, 0) is 4.74 Å². The van der Waals surface area contributed by atoms with E-state index < -0.39 is 0 Å². The second-order valence-electron chi connectivity index (χ2n) is 3.43. The quantitative estimate of drug-likeness (QED) is 0.669. The zero-order valence-corrected chi connectivity index (χ0v) is 8.71. The van der Waals surface area contributed by atoms with E-state index in [1.165, 1.54) is 0 Å². The summed E-state index contributed by atoms with van der Waals surface area (Å²) >= 11 is 0. The van der Waals surface area contributed by atoms with Crippen molar-refractivity contribution in [3.05, 3.63) is 0 Å². The molecule has 74 valence electrons. The fourth-order valence-electron chi connectivity index (χ4n) is 1.46. The summed E-state index contributed by atoms with van der Waals surface area (Å²) < 4.78 is 5.10. The zero-order chi connectivity index (χ0) is 9.56. The largest absolute Gasteiger partial charge is 0.393 e. The van der Waals surface area contributed by atoms with Crippen LogP contribution in [0.4, 0.5) is 0 Å². The van der Waals surface area contributed by atoms with Gasteiger partial charge in [-0.2, -0.15) is 0 Å². The van der Waals surface area contributed by atoms with Gasteiger partial charge in [-0.1, -0.05) is 26.7 Å². The Morgan fingerprint density at radius 2 is 1.75 bits per heavy atom. The first-order valence-corrected chi connectivity index (χ1v) is 4.86. The minimum absolute atomic E-state index is 0.167. The summed E-state index contributed by atoms with van der Waals surface area (Å²) in [5.41, 5.74) is 0. The lowest BCUT2D eigenvalue weighted by Crippen LogP contribution is -2.24. The molecule has 0 aromatic rings. The Balaban J connectivity index is 3.75. The molecule has 0 aliphatic heterocycles. The molecular formula is C10H22O2. The Morgan fingerprint density at radius 3 is 2.08 bits per heavy atom. The van der Waals surface area contributed by atoms with Gasteiger partial charge in [0.25, 0.3) is 0 Å². The van der Waals surface area contributed by atoms with E-state index in [0.29, 0.717) is 5.92 Å². The van der Waals surface area contributed by atoms with E-state index in [9.17, 15) is 5.11 Å². The normalized spacial score (nSPS) is 16.5. The number of hydrogen-bond donors (Lipinski definition) is 1. The lowest BCUT2D eigenvalue weighted by atomic mass is 9.93. The molecule has 2 atom stereocenters. The van der Waals surface area contributed by atoms with Crippen LogP contribution in [0.3, 0.4) is 0 Å². The maximum Gasteiger partial charge on any atom is 0.0592 e. The number of ether oxygens (including phenoxy) is 1. The topological polar surface area (TPSA) is 29.5 Å².